The van der Waals surface area contributed by atoms with Crippen molar-refractivity contribution in [1.29, 1.82) is 0 Å². The van der Waals surface area contributed by atoms with E-state index in [9.17, 15) is 13.2 Å². The van der Waals surface area contributed by atoms with Gasteiger partial charge in [-0.05, 0) is 12.8 Å². The molecule has 0 spiro atoms. The smallest absolute Gasteiger partial charge is 0.241 e. The van der Waals surface area contributed by atoms with E-state index in [1.807, 2.05) is 6.92 Å². The van der Waals surface area contributed by atoms with Crippen LogP contribution in [0, 0.1) is 0 Å². The topological polar surface area (TPSA) is 70.2 Å². The number of hydrogen-bond donors (Lipinski definition) is 0. The van der Waals surface area contributed by atoms with E-state index in [4.69, 9.17) is 4.74 Å². The van der Waals surface area contributed by atoms with Crippen molar-refractivity contribution in [2.45, 2.75) is 25.8 Å². The molecule has 2 rings (SSSR count). The van der Waals surface area contributed by atoms with Crippen LogP contribution in [0.1, 0.15) is 19.8 Å². The van der Waals surface area contributed by atoms with Crippen molar-refractivity contribution in [3.63, 3.8) is 0 Å². The molecule has 2 fully saturated rings. The van der Waals surface area contributed by atoms with E-state index in [2.05, 4.69) is 4.90 Å². The molecule has 0 aliphatic carbocycles. The number of nitrogens with zero attached hydrogens (tertiary/aromatic N) is 3. The highest BCUT2D eigenvalue weighted by atomic mass is 32.2. The van der Waals surface area contributed by atoms with E-state index in [-0.39, 0.29) is 24.2 Å². The molecule has 0 radical (unpaired) electrons. The Kier molecular flexibility index (Phi) is 6.19. The van der Waals surface area contributed by atoms with Crippen molar-refractivity contribution in [1.82, 2.24) is 14.1 Å². The standard InChI is InChI=1S/C14H27N3O4S/c1-3-11-22(19,20)17-6-4-5-15-7-8-16(9-10-21-2)14(18)13(15)12-17/h13H,3-12H2,1-2H3. The van der Waals surface area contributed by atoms with E-state index in [0.717, 1.165) is 19.5 Å². The first-order valence-corrected chi connectivity index (χ1v) is 9.60. The lowest BCUT2D eigenvalue weighted by molar-refractivity contribution is -0.142. The summed E-state index contributed by atoms with van der Waals surface area (Å²) in [4.78, 5) is 16.6. The van der Waals surface area contributed by atoms with Crippen molar-refractivity contribution >= 4 is 15.9 Å². The molecule has 0 aromatic rings. The zero-order valence-corrected chi connectivity index (χ0v) is 14.3. The molecule has 2 aliphatic rings. The van der Waals surface area contributed by atoms with Crippen LogP contribution in [-0.4, -0.2) is 93.2 Å². The molecular weight excluding hydrogens is 306 g/mol. The van der Waals surface area contributed by atoms with Crippen molar-refractivity contribution in [3.05, 3.63) is 0 Å². The van der Waals surface area contributed by atoms with E-state index < -0.39 is 10.0 Å². The van der Waals surface area contributed by atoms with Gasteiger partial charge in [-0.3, -0.25) is 9.69 Å². The second-order valence-corrected chi connectivity index (χ2v) is 7.99. The molecule has 2 heterocycles. The van der Waals surface area contributed by atoms with Crippen LogP contribution in [0.25, 0.3) is 0 Å². The van der Waals surface area contributed by atoms with Crippen molar-refractivity contribution in [2.24, 2.45) is 0 Å². The fourth-order valence-electron chi connectivity index (χ4n) is 3.14. The van der Waals surface area contributed by atoms with E-state index in [1.54, 1.807) is 12.0 Å². The Balaban J connectivity index is 2.10. The Morgan fingerprint density at radius 2 is 2.00 bits per heavy atom. The van der Waals surface area contributed by atoms with Crippen LogP contribution < -0.4 is 0 Å². The molecule has 1 atom stereocenters. The highest BCUT2D eigenvalue weighted by Gasteiger charge is 2.39. The Morgan fingerprint density at radius 1 is 1.23 bits per heavy atom. The Labute approximate surface area is 133 Å². The van der Waals surface area contributed by atoms with Crippen LogP contribution in [-0.2, 0) is 19.6 Å². The maximum absolute atomic E-state index is 12.7. The van der Waals surface area contributed by atoms with Crippen molar-refractivity contribution in [3.8, 4) is 0 Å². The Bertz CT molecular complexity index is 482. The fourth-order valence-corrected chi connectivity index (χ4v) is 4.69. The number of fused-ring (bicyclic) bond motifs is 1. The quantitative estimate of drug-likeness (QED) is 0.661. The number of ether oxygens (including phenoxy) is 1. The third-order valence-corrected chi connectivity index (χ3v) is 6.39. The lowest BCUT2D eigenvalue weighted by Crippen LogP contribution is -2.60. The zero-order chi connectivity index (χ0) is 16.2. The van der Waals surface area contributed by atoms with Gasteiger partial charge in [0.05, 0.1) is 12.4 Å². The van der Waals surface area contributed by atoms with Gasteiger partial charge in [0.2, 0.25) is 15.9 Å². The number of sulfonamides is 1. The number of piperazine rings is 1. The minimum atomic E-state index is -3.25. The fraction of sp³-hybridized carbons (Fsp3) is 0.929. The minimum absolute atomic E-state index is 0.0295. The van der Waals surface area contributed by atoms with Crippen LogP contribution in [0.3, 0.4) is 0 Å². The van der Waals surface area contributed by atoms with Gasteiger partial charge in [-0.2, -0.15) is 4.31 Å². The molecule has 1 amide bonds. The minimum Gasteiger partial charge on any atom is -0.383 e. The number of methoxy groups -OCH3 is 1. The predicted molar refractivity (Wildman–Crippen MR) is 84.1 cm³/mol. The molecule has 8 heteroatoms. The van der Waals surface area contributed by atoms with Gasteiger partial charge in [-0.15, -0.1) is 0 Å². The van der Waals surface area contributed by atoms with Gasteiger partial charge >= 0.3 is 0 Å². The molecule has 2 aliphatic heterocycles. The SMILES string of the molecule is CCCS(=O)(=O)N1CCCN2CCN(CCOC)C(=O)C2C1. The first kappa shape index (κ1) is 17.7. The molecule has 128 valence electrons. The van der Waals surface area contributed by atoms with Gasteiger partial charge in [0.1, 0.15) is 6.04 Å². The molecule has 0 bridgehead atoms. The van der Waals surface area contributed by atoms with Gasteiger partial charge in [0, 0.05) is 46.4 Å². The molecular formula is C14H27N3O4S. The molecule has 0 N–H and O–H groups in total. The summed E-state index contributed by atoms with van der Waals surface area (Å²) in [5.74, 6) is 0.184. The highest BCUT2D eigenvalue weighted by Crippen LogP contribution is 2.19. The molecule has 0 saturated carbocycles. The number of carbonyl (C=O) groups is 1. The van der Waals surface area contributed by atoms with Gasteiger partial charge < -0.3 is 9.64 Å². The Morgan fingerprint density at radius 3 is 2.68 bits per heavy atom. The van der Waals surface area contributed by atoms with E-state index in [0.29, 0.717) is 32.7 Å². The van der Waals surface area contributed by atoms with Gasteiger partial charge in [0.15, 0.2) is 0 Å². The van der Waals surface area contributed by atoms with Gasteiger partial charge in [-0.1, -0.05) is 6.92 Å². The van der Waals surface area contributed by atoms with Crippen LogP contribution in [0.4, 0.5) is 0 Å². The normalized spacial score (nSPS) is 25.1. The molecule has 7 nitrogen and oxygen atoms in total. The molecule has 1 unspecified atom stereocenters. The summed E-state index contributed by atoms with van der Waals surface area (Å²) in [7, 11) is -1.64. The van der Waals surface area contributed by atoms with Crippen LogP contribution in [0.2, 0.25) is 0 Å². The summed E-state index contributed by atoms with van der Waals surface area (Å²) in [6.45, 7) is 6.03. The van der Waals surface area contributed by atoms with Crippen LogP contribution in [0.5, 0.6) is 0 Å². The lowest BCUT2D eigenvalue weighted by Gasteiger charge is -2.40. The highest BCUT2D eigenvalue weighted by molar-refractivity contribution is 7.89. The predicted octanol–water partition coefficient (Wildman–Crippen LogP) is -0.409. The second-order valence-electron chi connectivity index (χ2n) is 5.90. The monoisotopic (exact) mass is 333 g/mol. The Hall–Kier alpha value is -0.700. The molecule has 0 aromatic carbocycles. The van der Waals surface area contributed by atoms with E-state index in [1.165, 1.54) is 4.31 Å². The number of rotatable bonds is 6. The second kappa shape index (κ2) is 7.72. The van der Waals surface area contributed by atoms with Gasteiger partial charge in [-0.25, -0.2) is 8.42 Å². The summed E-state index contributed by atoms with van der Waals surface area (Å²) in [6, 6.07) is -0.347. The molecule has 0 aromatic heterocycles. The maximum Gasteiger partial charge on any atom is 0.241 e. The maximum atomic E-state index is 12.7. The lowest BCUT2D eigenvalue weighted by atomic mass is 10.1. The summed E-state index contributed by atoms with van der Waals surface area (Å²) < 4.78 is 31.2. The number of amides is 1. The zero-order valence-electron chi connectivity index (χ0n) is 13.5. The average Bonchev–Trinajstić information content (AvgIpc) is 2.70. The largest absolute Gasteiger partial charge is 0.383 e. The third kappa shape index (κ3) is 3.98. The summed E-state index contributed by atoms with van der Waals surface area (Å²) in [5, 5.41) is 0. The molecule has 2 saturated heterocycles. The summed E-state index contributed by atoms with van der Waals surface area (Å²) in [6.07, 6.45) is 1.38. The van der Waals surface area contributed by atoms with Crippen LogP contribution >= 0.6 is 0 Å². The summed E-state index contributed by atoms with van der Waals surface area (Å²) >= 11 is 0. The average molecular weight is 333 g/mol. The third-order valence-electron chi connectivity index (χ3n) is 4.34. The van der Waals surface area contributed by atoms with Crippen molar-refractivity contribution < 1.29 is 17.9 Å². The molecule has 22 heavy (non-hydrogen) atoms. The first-order valence-electron chi connectivity index (χ1n) is 7.99. The van der Waals surface area contributed by atoms with Gasteiger partial charge in [0.25, 0.3) is 0 Å². The van der Waals surface area contributed by atoms with Crippen molar-refractivity contribution in [2.75, 3.05) is 58.7 Å². The van der Waals surface area contributed by atoms with Crippen LogP contribution in [0.15, 0.2) is 0 Å². The summed E-state index contributed by atoms with van der Waals surface area (Å²) in [5.41, 5.74) is 0. The first-order chi connectivity index (χ1) is 10.5. The number of carbonyl (C=O) groups excluding carboxylic acids is 1. The number of hydrogen-bond acceptors (Lipinski definition) is 5. The van der Waals surface area contributed by atoms with E-state index >= 15 is 0 Å².